The van der Waals surface area contributed by atoms with Crippen LogP contribution < -0.4 is 0 Å². The molecule has 7 nitrogen and oxygen atoms in total. The first-order valence-corrected chi connectivity index (χ1v) is 15.1. The van der Waals surface area contributed by atoms with Gasteiger partial charge < -0.3 is 14.7 Å². The van der Waals surface area contributed by atoms with Crippen molar-refractivity contribution in [2.45, 2.75) is 59.9 Å². The Morgan fingerprint density at radius 2 is 1.41 bits per heavy atom. The molecule has 16 heteroatoms. The molecule has 2 aliphatic heterocycles. The van der Waals surface area contributed by atoms with Gasteiger partial charge in [0.15, 0.2) is 9.84 Å². The largest absolute Gasteiger partial charge is 0.435 e. The normalized spacial score (nSPS) is 22.9. The number of sulfone groups is 1. The molecule has 1 aliphatic carbocycles. The van der Waals surface area contributed by atoms with Crippen LogP contribution in [0.5, 0.6) is 0 Å². The lowest BCUT2D eigenvalue weighted by Crippen LogP contribution is -2.57. The van der Waals surface area contributed by atoms with Gasteiger partial charge in [0.05, 0.1) is 10.9 Å². The molecule has 0 unspecified atom stereocenters. The van der Waals surface area contributed by atoms with Crippen LogP contribution in [0, 0.1) is 5.82 Å². The Morgan fingerprint density at radius 1 is 0.841 bits per heavy atom. The second-order valence-electron chi connectivity index (χ2n) is 11.1. The lowest BCUT2D eigenvalue weighted by atomic mass is 9.77. The summed E-state index contributed by atoms with van der Waals surface area (Å²) >= 11 is 0. The summed E-state index contributed by atoms with van der Waals surface area (Å²) in [7, 11) is -4.58. The molecule has 0 saturated carbocycles. The molecule has 0 bridgehead atoms. The fraction of sp³-hybridized carbons (Fsp3) is 0.500. The van der Waals surface area contributed by atoms with Crippen molar-refractivity contribution in [2.24, 2.45) is 0 Å². The number of hydrogen-bond acceptors (Lipinski definition) is 4. The van der Waals surface area contributed by atoms with Gasteiger partial charge in [-0.15, -0.1) is 0 Å². The highest BCUT2D eigenvalue weighted by atomic mass is 32.2. The predicted octanol–water partition coefficient (Wildman–Crippen LogP) is 5.09. The molecule has 2 atom stereocenters. The quantitative estimate of drug-likeness (QED) is 0.342. The molecule has 2 aromatic carbocycles. The van der Waals surface area contributed by atoms with E-state index in [-0.39, 0.29) is 80.0 Å². The summed E-state index contributed by atoms with van der Waals surface area (Å²) in [5.41, 5.74) is -7.83. The van der Waals surface area contributed by atoms with Crippen LogP contribution in [0.1, 0.15) is 36.5 Å². The molecular formula is C28H27F8N3O4S. The van der Waals surface area contributed by atoms with E-state index in [1.807, 2.05) is 0 Å². The molecule has 0 radical (unpaired) electrons. The van der Waals surface area contributed by atoms with Crippen molar-refractivity contribution in [3.63, 3.8) is 0 Å². The van der Waals surface area contributed by atoms with Gasteiger partial charge in [0, 0.05) is 45.2 Å². The highest BCUT2D eigenvalue weighted by Crippen LogP contribution is 2.56. The highest BCUT2D eigenvalue weighted by molar-refractivity contribution is 7.92. The van der Waals surface area contributed by atoms with Crippen LogP contribution in [0.2, 0.25) is 0 Å². The third kappa shape index (κ3) is 4.70. The molecule has 2 heterocycles. The molecule has 3 amide bonds. The van der Waals surface area contributed by atoms with Gasteiger partial charge in [0.2, 0.25) is 5.91 Å². The summed E-state index contributed by atoms with van der Waals surface area (Å²) < 4.78 is 137. The first kappa shape index (κ1) is 32.0. The number of urea groups is 1. The SMILES string of the molecule is CC(=O)N1CCN(C(=O)N2CC[C@@]3(S(=O)(=O)c4ccc(F)cc4)c4ccc(C(F)(C(F)(F)F)C(F)(F)F)cc4CC[C@@H]23)CC1. The number of piperazine rings is 1. The topological polar surface area (TPSA) is 78.0 Å². The number of halogens is 8. The minimum Gasteiger partial charge on any atom is -0.339 e. The molecule has 2 fully saturated rings. The number of benzene rings is 2. The summed E-state index contributed by atoms with van der Waals surface area (Å²) in [6.45, 7) is 2.06. The summed E-state index contributed by atoms with van der Waals surface area (Å²) in [6, 6.07) is 3.58. The number of rotatable bonds is 3. The Balaban J connectivity index is 1.62. The summed E-state index contributed by atoms with van der Waals surface area (Å²) in [5, 5.41) is 0. The predicted molar refractivity (Wildman–Crippen MR) is 139 cm³/mol. The number of carbonyl (C=O) groups is 2. The van der Waals surface area contributed by atoms with Crippen molar-refractivity contribution in [2.75, 3.05) is 32.7 Å². The fourth-order valence-corrected chi connectivity index (χ4v) is 9.04. The van der Waals surface area contributed by atoms with E-state index in [0.29, 0.717) is 6.07 Å². The summed E-state index contributed by atoms with van der Waals surface area (Å²) in [4.78, 5) is 29.4. The second-order valence-corrected chi connectivity index (χ2v) is 13.4. The van der Waals surface area contributed by atoms with Crippen LogP contribution in [0.4, 0.5) is 39.9 Å². The van der Waals surface area contributed by atoms with Gasteiger partial charge in [-0.1, -0.05) is 18.2 Å². The number of hydrogen-bond donors (Lipinski definition) is 0. The van der Waals surface area contributed by atoms with Crippen molar-refractivity contribution in [1.82, 2.24) is 14.7 Å². The van der Waals surface area contributed by atoms with E-state index in [2.05, 4.69) is 0 Å². The second kappa shape index (κ2) is 10.6. The van der Waals surface area contributed by atoms with Crippen molar-refractivity contribution in [3.8, 4) is 0 Å². The Morgan fingerprint density at radius 3 is 1.95 bits per heavy atom. The molecule has 0 N–H and O–H groups in total. The van der Waals surface area contributed by atoms with Crippen LogP contribution in [0.25, 0.3) is 0 Å². The van der Waals surface area contributed by atoms with Crippen molar-refractivity contribution >= 4 is 21.8 Å². The monoisotopic (exact) mass is 653 g/mol. The Bertz CT molecular complexity index is 1560. The summed E-state index contributed by atoms with van der Waals surface area (Å²) in [6.07, 6.45) is -13.4. The third-order valence-electron chi connectivity index (χ3n) is 8.91. The van der Waals surface area contributed by atoms with Gasteiger partial charge >= 0.3 is 24.1 Å². The van der Waals surface area contributed by atoms with Crippen molar-refractivity contribution in [1.29, 1.82) is 0 Å². The third-order valence-corrected chi connectivity index (χ3v) is 11.5. The molecule has 3 aliphatic rings. The van der Waals surface area contributed by atoms with Gasteiger partial charge in [-0.25, -0.2) is 22.0 Å². The lowest BCUT2D eigenvalue weighted by Gasteiger charge is -2.44. The van der Waals surface area contributed by atoms with E-state index in [9.17, 15) is 53.1 Å². The zero-order valence-corrected chi connectivity index (χ0v) is 24.0. The first-order valence-electron chi connectivity index (χ1n) is 13.6. The van der Waals surface area contributed by atoms with Crippen LogP contribution in [-0.2, 0) is 31.5 Å². The van der Waals surface area contributed by atoms with Crippen molar-refractivity contribution in [3.05, 3.63) is 65.0 Å². The lowest BCUT2D eigenvalue weighted by molar-refractivity contribution is -0.348. The Labute approximate surface area is 247 Å². The highest BCUT2D eigenvalue weighted by Gasteiger charge is 2.74. The van der Waals surface area contributed by atoms with E-state index in [4.69, 9.17) is 0 Å². The maximum absolute atomic E-state index is 15.0. The molecule has 0 spiro atoms. The molecule has 0 aromatic heterocycles. The number of fused-ring (bicyclic) bond motifs is 3. The number of alkyl halides is 7. The minimum atomic E-state index is -6.36. The minimum absolute atomic E-state index is 0.129. The van der Waals surface area contributed by atoms with Gasteiger partial charge in [-0.2, -0.15) is 26.3 Å². The standard InChI is InChI=1S/C28H27F8N3O4S/c1-17(40)37-12-14-38(15-13-37)24(41)39-11-10-25(44(42,43)21-6-4-20(29)5-7-21)22-8-3-19(16-18(22)2-9-23(25)39)26(30,27(31,32)33)28(34,35)36/h3-8,16,23H,2,9-15H2,1H3/t23-,25-/m1/s1. The average molecular weight is 654 g/mol. The maximum atomic E-state index is 15.0. The Kier molecular flexibility index (Phi) is 7.69. The number of carbonyl (C=O) groups excluding carboxylic acids is 2. The van der Waals surface area contributed by atoms with Crippen LogP contribution in [0.15, 0.2) is 47.4 Å². The molecule has 2 saturated heterocycles. The van der Waals surface area contributed by atoms with E-state index in [1.54, 1.807) is 0 Å². The van der Waals surface area contributed by atoms with Crippen LogP contribution >= 0.6 is 0 Å². The van der Waals surface area contributed by atoms with E-state index in [1.165, 1.54) is 21.6 Å². The number of amides is 3. The molecule has 240 valence electrons. The van der Waals surface area contributed by atoms with Crippen LogP contribution in [0.3, 0.4) is 0 Å². The van der Waals surface area contributed by atoms with Crippen molar-refractivity contribution < 1.29 is 53.1 Å². The molecular weight excluding hydrogens is 626 g/mol. The van der Waals surface area contributed by atoms with Gasteiger partial charge in [0.25, 0.3) is 0 Å². The zero-order chi connectivity index (χ0) is 32.5. The van der Waals surface area contributed by atoms with E-state index < -0.39 is 56.1 Å². The van der Waals surface area contributed by atoms with E-state index >= 15 is 0 Å². The van der Waals surface area contributed by atoms with Gasteiger partial charge in [0.1, 0.15) is 10.6 Å². The van der Waals surface area contributed by atoms with Gasteiger partial charge in [-0.3, -0.25) is 4.79 Å². The zero-order valence-electron chi connectivity index (χ0n) is 23.2. The molecule has 5 rings (SSSR count). The summed E-state index contributed by atoms with van der Waals surface area (Å²) in [5.74, 6) is -0.933. The van der Waals surface area contributed by atoms with E-state index in [0.717, 1.165) is 30.3 Å². The first-order chi connectivity index (χ1) is 20.4. The Hall–Kier alpha value is -3.43. The maximum Gasteiger partial charge on any atom is 0.435 e. The smallest absolute Gasteiger partial charge is 0.339 e. The average Bonchev–Trinajstić information content (AvgIpc) is 3.37. The number of likely N-dealkylation sites (tertiary alicyclic amines) is 1. The molecule has 44 heavy (non-hydrogen) atoms. The number of aryl methyl sites for hydroxylation is 1. The van der Waals surface area contributed by atoms with Gasteiger partial charge in [-0.05, 0) is 54.7 Å². The molecule has 2 aromatic rings. The number of nitrogens with zero attached hydrogens (tertiary/aromatic N) is 3. The van der Waals surface area contributed by atoms with Crippen LogP contribution in [-0.4, -0.2) is 86.2 Å². The fourth-order valence-electron chi connectivity index (χ4n) is 6.68.